The number of hydrogen-bond acceptors (Lipinski definition) is 10. The highest BCUT2D eigenvalue weighted by atomic mass is 16.6. The molecule has 1 N–H and O–H groups in total. The Labute approximate surface area is 239 Å². The number of fused-ring (bicyclic) bond motifs is 3. The molecular formula is C31H39NO9. The first-order chi connectivity index (χ1) is 19.0. The Hall–Kier alpha value is -3.40. The molecule has 2 fully saturated rings. The van der Waals surface area contributed by atoms with Crippen LogP contribution < -0.4 is 0 Å². The van der Waals surface area contributed by atoms with E-state index in [1.807, 2.05) is 0 Å². The van der Waals surface area contributed by atoms with Crippen molar-refractivity contribution in [3.05, 3.63) is 51.9 Å². The fourth-order valence-corrected chi connectivity index (χ4v) is 7.80. The second kappa shape index (κ2) is 10.5. The number of benzene rings is 1. The van der Waals surface area contributed by atoms with Gasteiger partial charge >= 0.3 is 17.9 Å². The number of ketones is 1. The van der Waals surface area contributed by atoms with E-state index >= 15 is 0 Å². The second-order valence-electron chi connectivity index (χ2n) is 12.7. The topological polar surface area (TPSA) is 146 Å². The Morgan fingerprint density at radius 1 is 0.976 bits per heavy atom. The van der Waals surface area contributed by atoms with Crippen molar-refractivity contribution in [1.29, 1.82) is 0 Å². The van der Waals surface area contributed by atoms with E-state index in [4.69, 9.17) is 14.2 Å². The van der Waals surface area contributed by atoms with E-state index in [9.17, 15) is 29.2 Å². The first-order valence-corrected chi connectivity index (χ1v) is 14.0. The minimum absolute atomic E-state index is 0.222. The lowest BCUT2D eigenvalue weighted by Gasteiger charge is -2.62. The molecule has 10 nitrogen and oxygen atoms in total. The van der Waals surface area contributed by atoms with E-state index < -0.39 is 69.9 Å². The molecule has 0 saturated heterocycles. The molecular weight excluding hydrogens is 530 g/mol. The van der Waals surface area contributed by atoms with E-state index in [0.717, 1.165) is 0 Å². The van der Waals surface area contributed by atoms with Crippen molar-refractivity contribution in [1.82, 2.24) is 0 Å². The summed E-state index contributed by atoms with van der Waals surface area (Å²) >= 11 is 0. The van der Waals surface area contributed by atoms with E-state index in [0.29, 0.717) is 24.8 Å². The lowest BCUT2D eigenvalue weighted by Crippen LogP contribution is -2.73. The van der Waals surface area contributed by atoms with Gasteiger partial charge in [-0.3, -0.25) is 14.4 Å². The fraction of sp³-hybridized carbons (Fsp3) is 0.613. The van der Waals surface area contributed by atoms with Gasteiger partial charge in [0.25, 0.3) is 0 Å². The van der Waals surface area contributed by atoms with Crippen LogP contribution in [0.5, 0.6) is 0 Å². The zero-order valence-corrected chi connectivity index (χ0v) is 24.7. The molecule has 0 amide bonds. The van der Waals surface area contributed by atoms with Crippen molar-refractivity contribution in [3.63, 3.8) is 0 Å². The monoisotopic (exact) mass is 569 g/mol. The molecule has 3 aliphatic rings. The predicted molar refractivity (Wildman–Crippen MR) is 147 cm³/mol. The summed E-state index contributed by atoms with van der Waals surface area (Å²) in [5, 5.41) is 16.1. The third-order valence-electron chi connectivity index (χ3n) is 9.77. The molecule has 4 rings (SSSR count). The van der Waals surface area contributed by atoms with Crippen molar-refractivity contribution in [2.75, 3.05) is 0 Å². The molecule has 0 spiro atoms. The number of Topliss-reactive ketones (excluding diaryl/α,β-unsaturated/α-hetero) is 1. The van der Waals surface area contributed by atoms with Crippen molar-refractivity contribution < 1.29 is 38.5 Å². The molecule has 222 valence electrons. The number of aliphatic hydroxyl groups is 1. The fourth-order valence-electron chi connectivity index (χ4n) is 7.80. The minimum atomic E-state index is -1.99. The third-order valence-corrected chi connectivity index (χ3v) is 9.77. The zero-order valence-electron chi connectivity index (χ0n) is 24.7. The van der Waals surface area contributed by atoms with Gasteiger partial charge in [-0.2, -0.15) is 4.91 Å². The van der Waals surface area contributed by atoms with Crippen molar-refractivity contribution in [2.45, 2.75) is 104 Å². The number of carbonyl (C=O) groups excluding carboxylic acids is 4. The number of ether oxygens (including phenoxy) is 3. The lowest BCUT2D eigenvalue weighted by molar-refractivity contribution is -0.242. The van der Waals surface area contributed by atoms with E-state index in [1.54, 1.807) is 65.0 Å². The Kier molecular flexibility index (Phi) is 7.79. The Morgan fingerprint density at radius 2 is 1.61 bits per heavy atom. The zero-order chi connectivity index (χ0) is 30.5. The van der Waals surface area contributed by atoms with Crippen LogP contribution in [0.2, 0.25) is 0 Å². The van der Waals surface area contributed by atoms with Crippen LogP contribution in [0.1, 0.15) is 84.5 Å². The molecule has 1 aromatic carbocycles. The number of nitrogens with zero attached hydrogens (tertiary/aromatic N) is 1. The molecule has 0 radical (unpaired) electrons. The van der Waals surface area contributed by atoms with Gasteiger partial charge in [-0.05, 0) is 56.4 Å². The van der Waals surface area contributed by atoms with Crippen LogP contribution in [0.25, 0.3) is 0 Å². The summed E-state index contributed by atoms with van der Waals surface area (Å²) in [6, 6.07) is 7.13. The molecule has 0 aliphatic heterocycles. The van der Waals surface area contributed by atoms with Gasteiger partial charge in [0.2, 0.25) is 0 Å². The quantitative estimate of drug-likeness (QED) is 0.235. The van der Waals surface area contributed by atoms with Gasteiger partial charge in [0.15, 0.2) is 11.9 Å². The molecule has 2 bridgehead atoms. The summed E-state index contributed by atoms with van der Waals surface area (Å²) in [6.07, 6.45) is -1.98. The maximum Gasteiger partial charge on any atom is 0.338 e. The highest BCUT2D eigenvalue weighted by molar-refractivity contribution is 5.95. The smallest absolute Gasteiger partial charge is 0.338 e. The van der Waals surface area contributed by atoms with E-state index in [2.05, 4.69) is 5.18 Å². The van der Waals surface area contributed by atoms with Crippen LogP contribution in [0.3, 0.4) is 0 Å². The van der Waals surface area contributed by atoms with Crippen molar-refractivity contribution >= 4 is 23.7 Å². The SMILES string of the molecule is CC(=O)O[C@H]1C(=O)[C@]2(C)CCC[C@](C)(OC(C)=O)[C@H]2[C@H](OC(=O)c2ccccc2)[C@]2(O)C[C@H](N=O)C(C)=C1C2(C)C. The van der Waals surface area contributed by atoms with Gasteiger partial charge < -0.3 is 19.3 Å². The van der Waals surface area contributed by atoms with Crippen LogP contribution in [0.4, 0.5) is 0 Å². The number of nitroso groups, excluding NO2 is 1. The average molecular weight is 570 g/mol. The number of carbonyl (C=O) groups is 4. The predicted octanol–water partition coefficient (Wildman–Crippen LogP) is 4.47. The van der Waals surface area contributed by atoms with E-state index in [1.165, 1.54) is 13.8 Å². The highest BCUT2D eigenvalue weighted by Gasteiger charge is 2.71. The summed E-state index contributed by atoms with van der Waals surface area (Å²) in [5.41, 5.74) is -5.18. The number of hydrogen-bond donors (Lipinski definition) is 1. The molecule has 0 heterocycles. The largest absolute Gasteiger partial charge is 0.459 e. The Balaban J connectivity index is 2.08. The van der Waals surface area contributed by atoms with Gasteiger partial charge in [-0.25, -0.2) is 4.79 Å². The maximum atomic E-state index is 14.7. The van der Waals surface area contributed by atoms with Crippen LogP contribution in [0.15, 0.2) is 46.7 Å². The van der Waals surface area contributed by atoms with E-state index in [-0.39, 0.29) is 17.6 Å². The summed E-state index contributed by atoms with van der Waals surface area (Å²) in [6.45, 7) is 10.8. The molecule has 0 aromatic heterocycles. The molecule has 10 heteroatoms. The normalized spacial score (nSPS) is 36.2. The van der Waals surface area contributed by atoms with Crippen molar-refractivity contribution in [3.8, 4) is 0 Å². The maximum absolute atomic E-state index is 14.7. The van der Waals surface area contributed by atoms with Gasteiger partial charge in [0.1, 0.15) is 23.3 Å². The molecule has 41 heavy (non-hydrogen) atoms. The van der Waals surface area contributed by atoms with Crippen molar-refractivity contribution in [2.24, 2.45) is 21.9 Å². The van der Waals surface area contributed by atoms with Gasteiger partial charge in [0, 0.05) is 31.1 Å². The van der Waals surface area contributed by atoms with Crippen LogP contribution in [-0.2, 0) is 28.6 Å². The molecule has 2 saturated carbocycles. The number of esters is 3. The summed E-state index contributed by atoms with van der Waals surface area (Å²) in [7, 11) is 0. The second-order valence-corrected chi connectivity index (χ2v) is 12.7. The molecule has 1 aromatic rings. The van der Waals surface area contributed by atoms with Crippen LogP contribution in [0, 0.1) is 21.7 Å². The van der Waals surface area contributed by atoms with Crippen LogP contribution in [-0.4, -0.2) is 58.2 Å². The van der Waals surface area contributed by atoms with Gasteiger partial charge in [-0.15, -0.1) is 0 Å². The number of rotatable bonds is 5. The summed E-state index contributed by atoms with van der Waals surface area (Å²) < 4.78 is 17.9. The summed E-state index contributed by atoms with van der Waals surface area (Å²) in [4.78, 5) is 65.4. The lowest BCUT2D eigenvalue weighted by atomic mass is 9.46. The van der Waals surface area contributed by atoms with Gasteiger partial charge in [0.05, 0.1) is 11.5 Å². The molecule has 7 atom stereocenters. The first kappa shape index (κ1) is 30.6. The molecule has 0 unspecified atom stereocenters. The summed E-state index contributed by atoms with van der Waals surface area (Å²) in [5.74, 6) is -3.61. The Bertz CT molecular complexity index is 1300. The minimum Gasteiger partial charge on any atom is -0.459 e. The standard InChI is InChI=1S/C31H39NO9/c1-17-21(32-38)16-31(37)26(40-27(36)20-12-9-8-10-13-20)24-29(6,14-11-15-30(24,7)41-19(3)34)25(35)23(39-18(2)33)22(17)28(31,4)5/h8-10,12-13,21,23-24,26,37H,11,14-16H2,1-7H3/t21-,23+,24-,26-,29+,30-,31+/m0/s1. The highest BCUT2D eigenvalue weighted by Crippen LogP contribution is 2.62. The average Bonchev–Trinajstić information content (AvgIpc) is 2.88. The third kappa shape index (κ3) is 4.79. The van der Waals surface area contributed by atoms with Crippen LogP contribution >= 0.6 is 0 Å². The molecule has 3 aliphatic carbocycles. The van der Waals surface area contributed by atoms with Gasteiger partial charge in [-0.1, -0.05) is 44.1 Å². The first-order valence-electron chi connectivity index (χ1n) is 14.0. The Morgan fingerprint density at radius 3 is 2.17 bits per heavy atom.